The Kier molecular flexibility index (Phi) is 24.4. The molecule has 354 valence electrons. The molecule has 0 bridgehead atoms. The molecule has 0 unspecified atom stereocenters. The molecule has 2 heterocycles. The van der Waals surface area contributed by atoms with Crippen LogP contribution in [0.4, 0.5) is 16.4 Å². The van der Waals surface area contributed by atoms with Crippen molar-refractivity contribution >= 4 is 57.9 Å². The Balaban J connectivity index is 0.920. The fourth-order valence-corrected chi connectivity index (χ4v) is 6.56. The van der Waals surface area contributed by atoms with E-state index in [0.29, 0.717) is 115 Å². The second-order valence-corrected chi connectivity index (χ2v) is 15.0. The summed E-state index contributed by atoms with van der Waals surface area (Å²) < 4.78 is 32.7. The summed E-state index contributed by atoms with van der Waals surface area (Å²) in [4.78, 5) is 51.3. The second kappa shape index (κ2) is 30.2. The monoisotopic (exact) mass is 916 g/mol. The number of aromatic nitrogens is 2. The number of carbonyl (C=O) groups is 3. The highest BCUT2D eigenvalue weighted by Gasteiger charge is 2.19. The maximum atomic E-state index is 12.0. The molecule has 1 aliphatic heterocycles. The maximum Gasteiger partial charge on any atom is 0.314 e. The fourth-order valence-electron chi connectivity index (χ4n) is 6.38. The van der Waals surface area contributed by atoms with Crippen LogP contribution in [0.3, 0.4) is 0 Å². The highest BCUT2D eigenvalue weighted by molar-refractivity contribution is 6.31. The highest BCUT2D eigenvalue weighted by atomic mass is 35.5. The van der Waals surface area contributed by atoms with Crippen molar-refractivity contribution < 1.29 is 42.8 Å². The molecule has 4 rings (SSSR count). The number of hydrogen-bond acceptors (Lipinski definition) is 15. The number of guanidine groups is 1. The van der Waals surface area contributed by atoms with Crippen molar-refractivity contribution in [1.82, 2.24) is 41.0 Å². The third-order valence-electron chi connectivity index (χ3n) is 9.52. The lowest BCUT2D eigenvalue weighted by atomic mass is 10.1. The van der Waals surface area contributed by atoms with Crippen molar-refractivity contribution in [3.05, 3.63) is 47.5 Å². The maximum absolute atomic E-state index is 12.0. The lowest BCUT2D eigenvalue weighted by Crippen LogP contribution is -2.47. The summed E-state index contributed by atoms with van der Waals surface area (Å²) in [5.41, 5.74) is 8.98. The summed E-state index contributed by atoms with van der Waals surface area (Å²) in [6.07, 6.45) is 0. The minimum Gasteiger partial charge on any atom is -0.383 e. The van der Waals surface area contributed by atoms with Crippen LogP contribution < -0.4 is 37.2 Å². The molecule has 21 nitrogen and oxygen atoms in total. The van der Waals surface area contributed by atoms with Crippen molar-refractivity contribution in [3.63, 3.8) is 0 Å². The molecular formula is C42H65ClN12O9. The zero-order valence-corrected chi connectivity index (χ0v) is 37.7. The number of halogens is 1. The number of piperazine rings is 1. The number of likely N-dealkylation sites (N-methyl/N-ethyl adjacent to an activating group) is 1. The van der Waals surface area contributed by atoms with Crippen LogP contribution in [0.1, 0.15) is 0 Å². The molecule has 0 saturated carbocycles. The predicted molar refractivity (Wildman–Crippen MR) is 245 cm³/mol. The first kappa shape index (κ1) is 51.7. The summed E-state index contributed by atoms with van der Waals surface area (Å²) in [5, 5.41) is 22.6. The minimum absolute atomic E-state index is 0.0957. The van der Waals surface area contributed by atoms with E-state index in [1.54, 1.807) is 25.1 Å². The van der Waals surface area contributed by atoms with Crippen LogP contribution >= 0.6 is 11.6 Å². The average molecular weight is 918 g/mol. The van der Waals surface area contributed by atoms with Crippen molar-refractivity contribution in [1.29, 1.82) is 5.41 Å². The number of methoxy groups -OCH3 is 1. The molecule has 1 aliphatic rings. The van der Waals surface area contributed by atoms with Gasteiger partial charge in [0.15, 0.2) is 5.96 Å². The lowest BCUT2D eigenvalue weighted by molar-refractivity contribution is -0.124. The zero-order valence-electron chi connectivity index (χ0n) is 37.0. The van der Waals surface area contributed by atoms with E-state index in [1.165, 1.54) is 0 Å². The smallest absolute Gasteiger partial charge is 0.314 e. The van der Waals surface area contributed by atoms with Crippen molar-refractivity contribution in [2.45, 2.75) is 0 Å². The summed E-state index contributed by atoms with van der Waals surface area (Å²) in [7, 11) is 3.25. The molecule has 1 saturated heterocycles. The molecule has 0 atom stereocenters. The number of anilines is 2. The van der Waals surface area contributed by atoms with Crippen molar-refractivity contribution in [2.24, 2.45) is 5.73 Å². The van der Waals surface area contributed by atoms with E-state index in [2.05, 4.69) is 58.5 Å². The Labute approximate surface area is 379 Å². The largest absolute Gasteiger partial charge is 0.383 e. The quantitative estimate of drug-likeness (QED) is 0.0265. The third kappa shape index (κ3) is 20.7. The van der Waals surface area contributed by atoms with Crippen LogP contribution in [-0.4, -0.2) is 202 Å². The normalized spacial score (nSPS) is 13.0. The van der Waals surface area contributed by atoms with Crippen LogP contribution in [0.25, 0.3) is 22.2 Å². The molecule has 0 radical (unpaired) electrons. The molecule has 1 fully saturated rings. The van der Waals surface area contributed by atoms with Gasteiger partial charge in [-0.25, -0.2) is 14.8 Å². The SMILES string of the molecule is COCCNC(=O)CN(C)CC(=O)NCCOCCOCCNC(=O)NCCOCCOCCOCCN1CCN(c2cccc(-c3nc(NC(=N)N)nc4ccc(Cl)cc34)c2)CC1. The van der Waals surface area contributed by atoms with E-state index in [9.17, 15) is 14.4 Å². The van der Waals surface area contributed by atoms with E-state index in [1.807, 2.05) is 24.3 Å². The number of hydrogen-bond donors (Lipinski definition) is 7. The van der Waals surface area contributed by atoms with E-state index in [4.69, 9.17) is 51.2 Å². The van der Waals surface area contributed by atoms with Gasteiger partial charge in [0.05, 0.1) is 97.0 Å². The summed E-state index contributed by atoms with van der Waals surface area (Å²) in [6.45, 7) is 10.7. The number of ether oxygens (including phenoxy) is 6. The lowest BCUT2D eigenvalue weighted by Gasteiger charge is -2.36. The average Bonchev–Trinajstić information content (AvgIpc) is 3.27. The van der Waals surface area contributed by atoms with E-state index in [-0.39, 0.29) is 42.8 Å². The summed E-state index contributed by atoms with van der Waals surface area (Å²) >= 11 is 6.33. The van der Waals surface area contributed by atoms with Gasteiger partial charge in [-0.2, -0.15) is 0 Å². The van der Waals surface area contributed by atoms with Gasteiger partial charge >= 0.3 is 6.03 Å². The second-order valence-electron chi connectivity index (χ2n) is 14.6. The van der Waals surface area contributed by atoms with Gasteiger partial charge < -0.3 is 60.3 Å². The van der Waals surface area contributed by atoms with E-state index >= 15 is 0 Å². The standard InChI is InChI=1S/C42H65ClN12O9/c1-53(30-37(56)46-8-17-59-2)31-38(57)47-9-18-60-22-23-61-19-10-48-42(58)49-11-20-62-24-26-64-27-25-63-21-16-54-12-14-55(15-13-54)34-5-3-4-32(28-34)39-35-29-33(43)6-7-36(35)50-41(51-39)52-40(44)45/h3-7,28-29H,8-27,30-31H2,1-2H3,(H,46,56)(H,47,57)(H2,48,49,58)(H4,44,45,50,51,52). The Morgan fingerprint density at radius 1 is 0.734 bits per heavy atom. The molecule has 64 heavy (non-hydrogen) atoms. The van der Waals surface area contributed by atoms with Gasteiger partial charge in [0.2, 0.25) is 17.8 Å². The number of nitrogens with one attached hydrogen (secondary N) is 6. The van der Waals surface area contributed by atoms with Crippen LogP contribution in [0, 0.1) is 5.41 Å². The molecule has 8 N–H and O–H groups in total. The van der Waals surface area contributed by atoms with Gasteiger partial charge in [0, 0.05) is 87.7 Å². The van der Waals surface area contributed by atoms with Gasteiger partial charge in [-0.05, 0) is 37.4 Å². The van der Waals surface area contributed by atoms with Crippen molar-refractivity contribution in [3.8, 4) is 11.3 Å². The summed E-state index contributed by atoms with van der Waals surface area (Å²) in [6, 6.07) is 13.4. The third-order valence-corrected chi connectivity index (χ3v) is 9.75. The van der Waals surface area contributed by atoms with Crippen LogP contribution in [0.2, 0.25) is 5.02 Å². The van der Waals surface area contributed by atoms with E-state index < -0.39 is 0 Å². The van der Waals surface area contributed by atoms with Crippen LogP contribution in [0.15, 0.2) is 42.5 Å². The van der Waals surface area contributed by atoms with Gasteiger partial charge in [0.1, 0.15) is 0 Å². The molecule has 0 spiro atoms. The molecule has 3 aromatic rings. The van der Waals surface area contributed by atoms with Crippen LogP contribution in [0.5, 0.6) is 0 Å². The van der Waals surface area contributed by atoms with Gasteiger partial charge in [0.25, 0.3) is 0 Å². The number of benzene rings is 2. The molecule has 22 heteroatoms. The number of urea groups is 1. The Morgan fingerprint density at radius 3 is 1.89 bits per heavy atom. The number of fused-ring (bicyclic) bond motifs is 1. The van der Waals surface area contributed by atoms with Gasteiger partial charge in [-0.1, -0.05) is 23.7 Å². The first-order valence-electron chi connectivity index (χ1n) is 21.4. The molecule has 0 aliphatic carbocycles. The first-order valence-corrected chi connectivity index (χ1v) is 21.8. The molecule has 4 amide bonds. The Bertz CT molecular complexity index is 1880. The van der Waals surface area contributed by atoms with Gasteiger partial charge in [-0.3, -0.25) is 30.1 Å². The Hall–Kier alpha value is -4.97. The molecular weight excluding hydrogens is 852 g/mol. The number of rotatable bonds is 31. The number of nitrogens with zero attached hydrogens (tertiary/aromatic N) is 5. The number of amides is 4. The van der Waals surface area contributed by atoms with Crippen LogP contribution in [-0.2, 0) is 38.0 Å². The minimum atomic E-state index is -0.309. The van der Waals surface area contributed by atoms with Gasteiger partial charge in [-0.15, -0.1) is 0 Å². The summed E-state index contributed by atoms with van der Waals surface area (Å²) in [5.74, 6) is -0.356. The topological polar surface area (TPSA) is 252 Å². The predicted octanol–water partition coefficient (Wildman–Crippen LogP) is 0.570. The number of nitrogens with two attached hydrogens (primary N) is 1. The zero-order chi connectivity index (χ0) is 45.8. The van der Waals surface area contributed by atoms with Crippen molar-refractivity contribution in [2.75, 3.05) is 169 Å². The molecule has 1 aromatic heterocycles. The Morgan fingerprint density at radius 2 is 1.30 bits per heavy atom. The number of carbonyl (C=O) groups excluding carboxylic acids is 3. The highest BCUT2D eigenvalue weighted by Crippen LogP contribution is 2.32. The molecule has 2 aromatic carbocycles. The first-order chi connectivity index (χ1) is 31.1. The fraction of sp³-hybridized carbons (Fsp3) is 0.571. The van der Waals surface area contributed by atoms with E-state index in [0.717, 1.165) is 49.4 Å².